The maximum absolute atomic E-state index is 12.4. The molecule has 7 nitrogen and oxygen atoms in total. The molecule has 0 spiro atoms. The SMILES string of the molecule is C=C(C)C(=O)OCCOC(=O)/C=C/c1ccc(OC(=O)c2ccc(OCCCCCC)cc2)cc1. The van der Waals surface area contributed by atoms with Crippen molar-refractivity contribution in [2.45, 2.75) is 39.5 Å². The molecule has 0 unspecified atom stereocenters. The smallest absolute Gasteiger partial charge is 0.343 e. The summed E-state index contributed by atoms with van der Waals surface area (Å²) < 4.78 is 20.9. The number of ether oxygens (including phenoxy) is 4. The Kier molecular flexibility index (Phi) is 11.8. The van der Waals surface area contributed by atoms with Crippen LogP contribution >= 0.6 is 0 Å². The molecule has 0 fully saturated rings. The Morgan fingerprint density at radius 2 is 1.49 bits per heavy atom. The first-order valence-corrected chi connectivity index (χ1v) is 11.6. The van der Waals surface area contributed by atoms with E-state index in [4.69, 9.17) is 18.9 Å². The molecule has 186 valence electrons. The van der Waals surface area contributed by atoms with Crippen LogP contribution in [0.15, 0.2) is 66.8 Å². The lowest BCUT2D eigenvalue weighted by Crippen LogP contribution is -2.12. The molecule has 0 amide bonds. The lowest BCUT2D eigenvalue weighted by Gasteiger charge is -2.08. The van der Waals surface area contributed by atoms with Crippen molar-refractivity contribution in [3.05, 3.63) is 77.9 Å². The molecule has 0 aliphatic carbocycles. The van der Waals surface area contributed by atoms with Crippen LogP contribution in [-0.2, 0) is 19.1 Å². The van der Waals surface area contributed by atoms with Gasteiger partial charge in [0.15, 0.2) is 0 Å². The average Bonchev–Trinajstić information content (AvgIpc) is 2.86. The van der Waals surface area contributed by atoms with Gasteiger partial charge in [0.25, 0.3) is 0 Å². The van der Waals surface area contributed by atoms with Crippen LogP contribution in [0.4, 0.5) is 0 Å². The Bertz CT molecular complexity index is 1000. The molecule has 0 saturated heterocycles. The fourth-order valence-corrected chi connectivity index (χ4v) is 2.83. The monoisotopic (exact) mass is 480 g/mol. The normalized spacial score (nSPS) is 10.6. The van der Waals surface area contributed by atoms with Crippen LogP contribution in [0.25, 0.3) is 6.08 Å². The molecule has 7 heteroatoms. The van der Waals surface area contributed by atoms with Crippen LogP contribution < -0.4 is 9.47 Å². The van der Waals surface area contributed by atoms with Gasteiger partial charge in [0.05, 0.1) is 12.2 Å². The summed E-state index contributed by atoms with van der Waals surface area (Å²) in [7, 11) is 0. The van der Waals surface area contributed by atoms with Crippen LogP contribution in [0, 0.1) is 0 Å². The van der Waals surface area contributed by atoms with E-state index in [2.05, 4.69) is 13.5 Å². The summed E-state index contributed by atoms with van der Waals surface area (Å²) >= 11 is 0. The van der Waals surface area contributed by atoms with Crippen molar-refractivity contribution < 1.29 is 33.3 Å². The van der Waals surface area contributed by atoms with Gasteiger partial charge in [0, 0.05) is 11.6 Å². The third-order valence-electron chi connectivity index (χ3n) is 4.77. The number of hydrogen-bond acceptors (Lipinski definition) is 7. The van der Waals surface area contributed by atoms with Crippen LogP contribution in [0.5, 0.6) is 11.5 Å². The zero-order valence-corrected chi connectivity index (χ0v) is 20.3. The van der Waals surface area contributed by atoms with Crippen molar-refractivity contribution in [1.82, 2.24) is 0 Å². The summed E-state index contributed by atoms with van der Waals surface area (Å²) in [6.07, 6.45) is 7.37. The Balaban J connectivity index is 1.75. The minimum Gasteiger partial charge on any atom is -0.494 e. The first-order chi connectivity index (χ1) is 16.9. The van der Waals surface area contributed by atoms with Gasteiger partial charge in [-0.3, -0.25) is 0 Å². The number of hydrogen-bond donors (Lipinski definition) is 0. The predicted molar refractivity (Wildman–Crippen MR) is 133 cm³/mol. The van der Waals surface area contributed by atoms with Gasteiger partial charge in [0.2, 0.25) is 0 Å². The molecule has 0 aromatic heterocycles. The minimum atomic E-state index is -0.569. The number of rotatable bonds is 14. The minimum absolute atomic E-state index is 0.0415. The summed E-state index contributed by atoms with van der Waals surface area (Å²) in [5.74, 6) is -0.471. The molecule has 35 heavy (non-hydrogen) atoms. The Morgan fingerprint density at radius 1 is 0.829 bits per heavy atom. The van der Waals surface area contributed by atoms with Gasteiger partial charge in [-0.15, -0.1) is 0 Å². The van der Waals surface area contributed by atoms with Crippen molar-refractivity contribution in [2.75, 3.05) is 19.8 Å². The summed E-state index contributed by atoms with van der Waals surface area (Å²) in [5, 5.41) is 0. The molecule has 2 aromatic rings. The van der Waals surface area contributed by atoms with Gasteiger partial charge < -0.3 is 18.9 Å². The van der Waals surface area contributed by atoms with E-state index in [1.165, 1.54) is 25.8 Å². The van der Waals surface area contributed by atoms with E-state index < -0.39 is 17.9 Å². The topological polar surface area (TPSA) is 88.1 Å². The molecular formula is C28H32O7. The second-order valence-electron chi connectivity index (χ2n) is 7.81. The van der Waals surface area contributed by atoms with Crippen LogP contribution in [-0.4, -0.2) is 37.7 Å². The number of carbonyl (C=O) groups excluding carboxylic acids is 3. The molecule has 0 heterocycles. The number of esters is 3. The molecule has 0 radical (unpaired) electrons. The van der Waals surface area contributed by atoms with E-state index in [0.717, 1.165) is 24.2 Å². The maximum atomic E-state index is 12.4. The predicted octanol–water partition coefficient (Wildman–Crippen LogP) is 5.54. The molecule has 0 aliphatic rings. The average molecular weight is 481 g/mol. The van der Waals surface area contributed by atoms with Gasteiger partial charge >= 0.3 is 17.9 Å². The van der Waals surface area contributed by atoms with Crippen molar-refractivity contribution in [2.24, 2.45) is 0 Å². The Labute approximate surface area is 206 Å². The molecule has 0 saturated carbocycles. The van der Waals surface area contributed by atoms with Gasteiger partial charge in [-0.2, -0.15) is 0 Å². The van der Waals surface area contributed by atoms with Crippen molar-refractivity contribution >= 4 is 24.0 Å². The molecule has 0 N–H and O–H groups in total. The first-order valence-electron chi connectivity index (χ1n) is 11.6. The van der Waals surface area contributed by atoms with E-state index >= 15 is 0 Å². The number of benzene rings is 2. The molecule has 0 aliphatic heterocycles. The summed E-state index contributed by atoms with van der Waals surface area (Å²) in [6, 6.07) is 13.5. The van der Waals surface area contributed by atoms with E-state index in [-0.39, 0.29) is 18.8 Å². The lowest BCUT2D eigenvalue weighted by molar-refractivity contribution is -0.146. The van der Waals surface area contributed by atoms with Gasteiger partial charge in [-0.25, -0.2) is 14.4 Å². The van der Waals surface area contributed by atoms with E-state index in [9.17, 15) is 14.4 Å². The molecule has 2 aromatic carbocycles. The van der Waals surface area contributed by atoms with Gasteiger partial charge in [0.1, 0.15) is 24.7 Å². The first kappa shape index (κ1) is 27.4. The highest BCUT2D eigenvalue weighted by Gasteiger charge is 2.09. The van der Waals surface area contributed by atoms with Crippen molar-refractivity contribution in [3.63, 3.8) is 0 Å². The zero-order valence-electron chi connectivity index (χ0n) is 20.3. The highest BCUT2D eigenvalue weighted by Crippen LogP contribution is 2.17. The van der Waals surface area contributed by atoms with Crippen LogP contribution in [0.2, 0.25) is 0 Å². The van der Waals surface area contributed by atoms with Crippen LogP contribution in [0.3, 0.4) is 0 Å². The lowest BCUT2D eigenvalue weighted by atomic mass is 10.2. The number of unbranched alkanes of at least 4 members (excludes halogenated alkanes) is 3. The molecular weight excluding hydrogens is 448 g/mol. The van der Waals surface area contributed by atoms with Gasteiger partial charge in [-0.1, -0.05) is 44.9 Å². The van der Waals surface area contributed by atoms with Gasteiger partial charge in [-0.05, 0) is 61.4 Å². The standard InChI is InChI=1S/C28H32O7/c1-4-5-6-7-18-32-24-15-11-23(12-16-24)28(31)35-25-13-8-22(9-14-25)10-17-26(29)33-19-20-34-27(30)21(2)3/h8-17H,2,4-7,18-20H2,1,3H3/b17-10+. The second kappa shape index (κ2) is 15.1. The van der Waals surface area contributed by atoms with Crippen molar-refractivity contribution in [1.29, 1.82) is 0 Å². The van der Waals surface area contributed by atoms with E-state index in [0.29, 0.717) is 17.9 Å². The van der Waals surface area contributed by atoms with Crippen molar-refractivity contribution in [3.8, 4) is 11.5 Å². The third-order valence-corrected chi connectivity index (χ3v) is 4.77. The highest BCUT2D eigenvalue weighted by atomic mass is 16.6. The maximum Gasteiger partial charge on any atom is 0.343 e. The Morgan fingerprint density at radius 3 is 2.14 bits per heavy atom. The second-order valence-corrected chi connectivity index (χ2v) is 7.81. The zero-order chi connectivity index (χ0) is 25.5. The van der Waals surface area contributed by atoms with E-state index in [1.807, 2.05) is 0 Å². The van der Waals surface area contributed by atoms with Crippen LogP contribution in [0.1, 0.15) is 55.5 Å². The third kappa shape index (κ3) is 10.7. The molecule has 0 atom stereocenters. The number of carbonyl (C=O) groups is 3. The Hall–Kier alpha value is -3.87. The summed E-state index contributed by atoms with van der Waals surface area (Å²) in [6.45, 7) is 7.73. The largest absolute Gasteiger partial charge is 0.494 e. The fourth-order valence-electron chi connectivity index (χ4n) is 2.83. The summed E-state index contributed by atoms with van der Waals surface area (Å²) in [5.41, 5.74) is 1.42. The fraction of sp³-hybridized carbons (Fsp3) is 0.321. The molecule has 0 bridgehead atoms. The molecule has 2 rings (SSSR count). The van der Waals surface area contributed by atoms with E-state index in [1.54, 1.807) is 54.6 Å². The quantitative estimate of drug-likeness (QED) is 0.152. The summed E-state index contributed by atoms with van der Waals surface area (Å²) in [4.78, 5) is 35.4. The highest BCUT2D eigenvalue weighted by molar-refractivity contribution is 5.91.